The Kier molecular flexibility index (Phi) is 2.65. The van der Waals surface area contributed by atoms with Crippen LogP contribution in [0.4, 0.5) is 0 Å². The van der Waals surface area contributed by atoms with E-state index in [9.17, 15) is 9.90 Å². The Morgan fingerprint density at radius 3 is 2.36 bits per heavy atom. The smallest absolute Gasteiger partial charge is 0.339 e. The van der Waals surface area contributed by atoms with Crippen LogP contribution in [0.2, 0.25) is 0 Å². The van der Waals surface area contributed by atoms with Gasteiger partial charge in [-0.3, -0.25) is 0 Å². The first-order valence-electron chi connectivity index (χ1n) is 4.09. The number of hydrogen-bond donors (Lipinski definition) is 2. The molecule has 2 N–H and O–H groups in total. The van der Waals surface area contributed by atoms with Crippen LogP contribution < -0.4 is 4.74 Å². The fraction of sp³-hybridized carbons (Fsp3) is 0.300. The van der Waals surface area contributed by atoms with E-state index >= 15 is 0 Å². The maximum absolute atomic E-state index is 10.8. The van der Waals surface area contributed by atoms with Crippen LogP contribution in [0.25, 0.3) is 0 Å². The van der Waals surface area contributed by atoms with E-state index in [4.69, 9.17) is 9.84 Å². The number of methoxy groups -OCH3 is 1. The molecule has 0 bridgehead atoms. The Morgan fingerprint density at radius 2 is 1.93 bits per heavy atom. The number of carboxylic acid groups (broad SMARTS) is 1. The number of aromatic hydroxyl groups is 1. The molecule has 1 rings (SSSR count). The molecule has 0 fully saturated rings. The molecule has 0 heterocycles. The van der Waals surface area contributed by atoms with Gasteiger partial charge in [0, 0.05) is 0 Å². The first-order valence-corrected chi connectivity index (χ1v) is 4.09. The molecular weight excluding hydrogens is 184 g/mol. The van der Waals surface area contributed by atoms with Crippen LogP contribution in [0.1, 0.15) is 21.5 Å². The van der Waals surface area contributed by atoms with Gasteiger partial charge in [-0.1, -0.05) is 6.07 Å². The normalized spacial score (nSPS) is 9.93. The Hall–Kier alpha value is -1.71. The largest absolute Gasteiger partial charge is 0.504 e. The molecule has 0 atom stereocenters. The van der Waals surface area contributed by atoms with Gasteiger partial charge in [0.2, 0.25) is 0 Å². The van der Waals surface area contributed by atoms with Gasteiger partial charge in [0.25, 0.3) is 0 Å². The van der Waals surface area contributed by atoms with Crippen LogP contribution in [0.15, 0.2) is 6.07 Å². The summed E-state index contributed by atoms with van der Waals surface area (Å²) in [4.78, 5) is 10.8. The maximum atomic E-state index is 10.8. The van der Waals surface area contributed by atoms with Crippen molar-refractivity contribution in [1.29, 1.82) is 0 Å². The number of carboxylic acids is 1. The molecule has 0 radical (unpaired) electrons. The lowest BCUT2D eigenvalue weighted by Crippen LogP contribution is -2.02. The molecule has 0 unspecified atom stereocenters. The summed E-state index contributed by atoms with van der Waals surface area (Å²) in [5.74, 6) is -1.25. The van der Waals surface area contributed by atoms with Crippen molar-refractivity contribution in [2.45, 2.75) is 13.8 Å². The molecule has 14 heavy (non-hydrogen) atoms. The van der Waals surface area contributed by atoms with Gasteiger partial charge >= 0.3 is 5.97 Å². The number of aryl methyl sites for hydroxylation is 2. The minimum absolute atomic E-state index is 0.104. The monoisotopic (exact) mass is 196 g/mol. The van der Waals surface area contributed by atoms with Gasteiger partial charge in [-0.2, -0.15) is 0 Å². The van der Waals surface area contributed by atoms with Gasteiger partial charge in [0.15, 0.2) is 11.5 Å². The van der Waals surface area contributed by atoms with E-state index in [1.54, 1.807) is 19.9 Å². The molecule has 0 aliphatic heterocycles. The summed E-state index contributed by atoms with van der Waals surface area (Å²) < 4.78 is 4.91. The maximum Gasteiger partial charge on any atom is 0.339 e. The second-order valence-corrected chi connectivity index (χ2v) is 3.07. The van der Waals surface area contributed by atoms with Gasteiger partial charge in [-0.15, -0.1) is 0 Å². The highest BCUT2D eigenvalue weighted by Gasteiger charge is 2.19. The summed E-state index contributed by atoms with van der Waals surface area (Å²) in [7, 11) is 1.39. The Balaban J connectivity index is 3.52. The average Bonchev–Trinajstić information content (AvgIpc) is 2.02. The van der Waals surface area contributed by atoms with Gasteiger partial charge < -0.3 is 14.9 Å². The van der Waals surface area contributed by atoms with Gasteiger partial charge in [-0.25, -0.2) is 4.79 Å². The lowest BCUT2D eigenvalue weighted by Gasteiger charge is -2.11. The van der Waals surface area contributed by atoms with Crippen molar-refractivity contribution in [2.75, 3.05) is 7.11 Å². The van der Waals surface area contributed by atoms with Gasteiger partial charge in [0.05, 0.1) is 7.11 Å². The quantitative estimate of drug-likeness (QED) is 0.755. The molecule has 0 saturated carbocycles. The second kappa shape index (κ2) is 3.57. The SMILES string of the molecule is COc1c(C)cc(C)c(C(=O)O)c1O. The molecule has 0 aliphatic rings. The summed E-state index contributed by atoms with van der Waals surface area (Å²) in [6.45, 7) is 3.38. The summed E-state index contributed by atoms with van der Waals surface area (Å²) in [5.41, 5.74) is 1.13. The fourth-order valence-electron chi connectivity index (χ4n) is 1.48. The topological polar surface area (TPSA) is 66.8 Å². The van der Waals surface area contributed by atoms with E-state index in [-0.39, 0.29) is 17.1 Å². The molecule has 0 spiro atoms. The molecule has 4 heteroatoms. The highest BCUT2D eigenvalue weighted by atomic mass is 16.5. The van der Waals surface area contributed by atoms with Crippen molar-refractivity contribution >= 4 is 5.97 Å². The molecule has 0 amide bonds. The fourth-order valence-corrected chi connectivity index (χ4v) is 1.48. The Labute approximate surface area is 81.8 Å². The van der Waals surface area contributed by atoms with Crippen molar-refractivity contribution in [1.82, 2.24) is 0 Å². The number of carbonyl (C=O) groups is 1. The average molecular weight is 196 g/mol. The van der Waals surface area contributed by atoms with Gasteiger partial charge in [-0.05, 0) is 25.0 Å². The molecule has 1 aromatic rings. The number of benzene rings is 1. The minimum atomic E-state index is -1.15. The van der Waals surface area contributed by atoms with Crippen LogP contribution in [0, 0.1) is 13.8 Å². The minimum Gasteiger partial charge on any atom is -0.504 e. The summed E-state index contributed by atoms with van der Waals surface area (Å²) in [6.07, 6.45) is 0. The van der Waals surface area contributed by atoms with Crippen molar-refractivity contribution in [2.24, 2.45) is 0 Å². The highest BCUT2D eigenvalue weighted by Crippen LogP contribution is 2.35. The number of phenols is 1. The van der Waals surface area contributed by atoms with Crippen LogP contribution in [0.3, 0.4) is 0 Å². The lowest BCUT2D eigenvalue weighted by molar-refractivity contribution is 0.0692. The number of ether oxygens (including phenoxy) is 1. The number of rotatable bonds is 2. The third-order valence-corrected chi connectivity index (χ3v) is 2.06. The zero-order valence-electron chi connectivity index (χ0n) is 8.29. The van der Waals surface area contributed by atoms with E-state index in [1.807, 2.05) is 0 Å². The standard InChI is InChI=1S/C10H12O4/c1-5-4-6(2)9(14-3)8(11)7(5)10(12)13/h4,11H,1-3H3,(H,12,13). The van der Waals surface area contributed by atoms with E-state index in [2.05, 4.69) is 0 Å². The zero-order chi connectivity index (χ0) is 10.9. The molecule has 0 aromatic heterocycles. The molecule has 4 nitrogen and oxygen atoms in total. The molecule has 0 aliphatic carbocycles. The third kappa shape index (κ3) is 1.51. The summed E-state index contributed by atoms with van der Waals surface area (Å²) in [6, 6.07) is 1.67. The molecule has 76 valence electrons. The van der Waals surface area contributed by atoms with Crippen molar-refractivity contribution < 1.29 is 19.7 Å². The van der Waals surface area contributed by atoms with E-state index in [0.717, 1.165) is 0 Å². The Morgan fingerprint density at radius 1 is 1.36 bits per heavy atom. The predicted molar refractivity (Wildman–Crippen MR) is 51.1 cm³/mol. The molecular formula is C10H12O4. The second-order valence-electron chi connectivity index (χ2n) is 3.07. The van der Waals surface area contributed by atoms with Crippen molar-refractivity contribution in [3.63, 3.8) is 0 Å². The number of hydrogen-bond acceptors (Lipinski definition) is 3. The summed E-state index contributed by atoms with van der Waals surface area (Å²) in [5, 5.41) is 18.5. The summed E-state index contributed by atoms with van der Waals surface area (Å²) >= 11 is 0. The van der Waals surface area contributed by atoms with E-state index in [0.29, 0.717) is 11.1 Å². The zero-order valence-corrected chi connectivity index (χ0v) is 8.29. The van der Waals surface area contributed by atoms with Crippen molar-refractivity contribution in [3.05, 3.63) is 22.8 Å². The predicted octanol–water partition coefficient (Wildman–Crippen LogP) is 1.72. The van der Waals surface area contributed by atoms with Crippen LogP contribution in [-0.4, -0.2) is 23.3 Å². The van der Waals surface area contributed by atoms with E-state index in [1.165, 1.54) is 7.11 Å². The first kappa shape index (κ1) is 10.4. The Bertz CT molecular complexity index is 382. The van der Waals surface area contributed by atoms with Crippen molar-refractivity contribution in [3.8, 4) is 11.5 Å². The molecule has 1 aromatic carbocycles. The highest BCUT2D eigenvalue weighted by molar-refractivity contribution is 5.93. The van der Waals surface area contributed by atoms with Gasteiger partial charge in [0.1, 0.15) is 5.56 Å². The first-order chi connectivity index (χ1) is 6.49. The number of aromatic carboxylic acids is 1. The lowest BCUT2D eigenvalue weighted by atomic mass is 10.0. The van der Waals surface area contributed by atoms with E-state index < -0.39 is 5.97 Å². The van der Waals surface area contributed by atoms with Crippen LogP contribution >= 0.6 is 0 Å². The van der Waals surface area contributed by atoms with Crippen LogP contribution in [0.5, 0.6) is 11.5 Å². The van der Waals surface area contributed by atoms with Crippen LogP contribution in [-0.2, 0) is 0 Å². The third-order valence-electron chi connectivity index (χ3n) is 2.06. The molecule has 0 saturated heterocycles.